The molecule has 0 aliphatic heterocycles. The first kappa shape index (κ1) is 14.4. The Morgan fingerprint density at radius 1 is 1.05 bits per heavy atom. The van der Waals surface area contributed by atoms with Gasteiger partial charge in [0.05, 0.1) is 14.5 Å². The molecule has 3 nitrogen and oxygen atoms in total. The van der Waals surface area contributed by atoms with E-state index in [0.717, 1.165) is 22.2 Å². The summed E-state index contributed by atoms with van der Waals surface area (Å²) < 4.78 is 1.35. The van der Waals surface area contributed by atoms with Gasteiger partial charge in [-0.1, -0.05) is 6.07 Å². The fourth-order valence-corrected chi connectivity index (χ4v) is 3.39. The molecule has 0 spiro atoms. The molecule has 0 saturated heterocycles. The van der Waals surface area contributed by atoms with Crippen molar-refractivity contribution in [1.29, 1.82) is 0 Å². The minimum atomic E-state index is 0.218. The molecule has 0 aliphatic carbocycles. The maximum atomic E-state index is 9.71. The Balaban J connectivity index is 1.80. The van der Waals surface area contributed by atoms with Gasteiger partial charge in [-0.05, 0) is 73.8 Å². The predicted octanol–water partition coefficient (Wildman–Crippen LogP) is 5.08. The van der Waals surface area contributed by atoms with Gasteiger partial charge in [0.15, 0.2) is 0 Å². The van der Waals surface area contributed by atoms with Crippen molar-refractivity contribution in [3.05, 3.63) is 63.2 Å². The minimum absolute atomic E-state index is 0.218. The van der Waals surface area contributed by atoms with Gasteiger partial charge in [-0.3, -0.25) is 4.98 Å². The summed E-state index contributed by atoms with van der Waals surface area (Å²) in [5, 5.41) is 14.2. The fourth-order valence-electron chi connectivity index (χ4n) is 2.11. The molecule has 2 N–H and O–H groups in total. The number of halogens is 2. The van der Waals surface area contributed by atoms with Gasteiger partial charge in [0.1, 0.15) is 5.75 Å². The van der Waals surface area contributed by atoms with Crippen LogP contribution in [0.1, 0.15) is 5.56 Å². The second-order valence-electron chi connectivity index (χ2n) is 4.67. The highest BCUT2D eigenvalue weighted by Gasteiger charge is 2.06. The summed E-state index contributed by atoms with van der Waals surface area (Å²) >= 11 is 6.68. The molecule has 0 saturated carbocycles. The molecule has 21 heavy (non-hydrogen) atoms. The number of hydrogen-bond donors (Lipinski definition) is 2. The van der Waals surface area contributed by atoms with Gasteiger partial charge in [-0.15, -0.1) is 0 Å². The predicted molar refractivity (Wildman–Crippen MR) is 92.6 cm³/mol. The maximum Gasteiger partial charge on any atom is 0.143 e. The largest absolute Gasteiger partial charge is 0.506 e. The van der Waals surface area contributed by atoms with Crippen molar-refractivity contribution in [2.45, 2.75) is 6.54 Å². The van der Waals surface area contributed by atoms with E-state index in [0.29, 0.717) is 15.5 Å². The first-order valence-corrected chi connectivity index (χ1v) is 7.97. The number of anilines is 1. The van der Waals surface area contributed by atoms with Gasteiger partial charge in [-0.25, -0.2) is 0 Å². The third-order valence-corrected chi connectivity index (χ3v) is 4.39. The highest BCUT2D eigenvalue weighted by Crippen LogP contribution is 2.33. The molecular formula is C16H12Br2N2O. The number of aromatic nitrogens is 1. The zero-order chi connectivity index (χ0) is 14.8. The van der Waals surface area contributed by atoms with Crippen LogP contribution in [0.4, 0.5) is 5.69 Å². The van der Waals surface area contributed by atoms with Crippen molar-refractivity contribution in [2.24, 2.45) is 0 Å². The molecule has 0 amide bonds. The van der Waals surface area contributed by atoms with Crippen LogP contribution in [0, 0.1) is 0 Å². The number of fused-ring (bicyclic) bond motifs is 1. The number of aromatic hydroxyl groups is 1. The summed E-state index contributed by atoms with van der Waals surface area (Å²) in [5.41, 5.74) is 3.09. The van der Waals surface area contributed by atoms with Crippen molar-refractivity contribution < 1.29 is 5.11 Å². The summed E-state index contributed by atoms with van der Waals surface area (Å²) in [6.07, 6.45) is 1.79. The van der Waals surface area contributed by atoms with Gasteiger partial charge in [0.25, 0.3) is 0 Å². The molecule has 3 aromatic rings. The van der Waals surface area contributed by atoms with Crippen molar-refractivity contribution >= 4 is 48.5 Å². The van der Waals surface area contributed by atoms with Crippen LogP contribution in [0.5, 0.6) is 5.75 Å². The van der Waals surface area contributed by atoms with E-state index in [9.17, 15) is 5.11 Å². The molecule has 106 valence electrons. The second kappa shape index (κ2) is 6.03. The van der Waals surface area contributed by atoms with E-state index >= 15 is 0 Å². The molecule has 0 aliphatic rings. The summed E-state index contributed by atoms with van der Waals surface area (Å²) in [5.74, 6) is 0.218. The average Bonchev–Trinajstić information content (AvgIpc) is 2.50. The fraction of sp³-hybridized carbons (Fsp3) is 0.0625. The van der Waals surface area contributed by atoms with Crippen LogP contribution in [0.25, 0.3) is 10.9 Å². The Kier molecular flexibility index (Phi) is 4.12. The van der Waals surface area contributed by atoms with E-state index in [1.54, 1.807) is 6.20 Å². The van der Waals surface area contributed by atoms with E-state index < -0.39 is 0 Å². The maximum absolute atomic E-state index is 9.71. The second-order valence-corrected chi connectivity index (χ2v) is 6.38. The van der Waals surface area contributed by atoms with Crippen LogP contribution in [0.15, 0.2) is 57.6 Å². The normalized spacial score (nSPS) is 10.8. The van der Waals surface area contributed by atoms with Gasteiger partial charge in [-0.2, -0.15) is 0 Å². The summed E-state index contributed by atoms with van der Waals surface area (Å²) in [6, 6.07) is 13.9. The van der Waals surface area contributed by atoms with Gasteiger partial charge >= 0.3 is 0 Å². The summed E-state index contributed by atoms with van der Waals surface area (Å²) in [7, 11) is 0. The molecule has 0 unspecified atom stereocenters. The number of hydrogen-bond acceptors (Lipinski definition) is 3. The van der Waals surface area contributed by atoms with Crippen LogP contribution in [-0.4, -0.2) is 10.1 Å². The Hall–Kier alpha value is -1.59. The molecular weight excluding hydrogens is 396 g/mol. The quantitative estimate of drug-likeness (QED) is 0.636. The smallest absolute Gasteiger partial charge is 0.143 e. The number of pyridine rings is 1. The Bertz CT molecular complexity index is 782. The van der Waals surface area contributed by atoms with Crippen LogP contribution >= 0.6 is 31.9 Å². The van der Waals surface area contributed by atoms with E-state index in [1.807, 2.05) is 36.4 Å². The monoisotopic (exact) mass is 406 g/mol. The molecule has 0 bridgehead atoms. The van der Waals surface area contributed by atoms with E-state index in [-0.39, 0.29) is 5.75 Å². The number of rotatable bonds is 3. The lowest BCUT2D eigenvalue weighted by molar-refractivity contribution is 0.468. The Labute approximate surface area is 139 Å². The van der Waals surface area contributed by atoms with Crippen LogP contribution in [-0.2, 0) is 6.54 Å². The topological polar surface area (TPSA) is 45.1 Å². The zero-order valence-corrected chi connectivity index (χ0v) is 14.1. The Morgan fingerprint density at radius 3 is 2.57 bits per heavy atom. The van der Waals surface area contributed by atoms with E-state index in [4.69, 9.17) is 0 Å². The van der Waals surface area contributed by atoms with Crippen molar-refractivity contribution in [1.82, 2.24) is 4.98 Å². The summed E-state index contributed by atoms with van der Waals surface area (Å²) in [6.45, 7) is 0.670. The molecule has 1 heterocycles. The molecule has 5 heteroatoms. The zero-order valence-electron chi connectivity index (χ0n) is 11.0. The third-order valence-electron chi connectivity index (χ3n) is 3.18. The first-order valence-electron chi connectivity index (χ1n) is 6.39. The SMILES string of the molecule is Oc1c(Br)cc(CNc2ccc3ncccc3c2)cc1Br. The molecule has 1 aromatic heterocycles. The summed E-state index contributed by atoms with van der Waals surface area (Å²) in [4.78, 5) is 4.31. The van der Waals surface area contributed by atoms with E-state index in [1.165, 1.54) is 0 Å². The van der Waals surface area contributed by atoms with Gasteiger partial charge in [0, 0.05) is 23.8 Å². The molecule has 0 atom stereocenters. The number of nitrogens with one attached hydrogen (secondary N) is 1. The standard InChI is InChI=1S/C16H12Br2N2O/c17-13-6-10(7-14(18)16(13)21)9-20-12-3-4-15-11(8-12)2-1-5-19-15/h1-8,20-21H,9H2. The van der Waals surface area contributed by atoms with E-state index in [2.05, 4.69) is 48.2 Å². The van der Waals surface area contributed by atoms with Crippen LogP contribution in [0.3, 0.4) is 0 Å². The van der Waals surface area contributed by atoms with Gasteiger partial charge < -0.3 is 10.4 Å². The third kappa shape index (κ3) is 3.19. The Morgan fingerprint density at radius 2 is 1.81 bits per heavy atom. The van der Waals surface area contributed by atoms with Crippen molar-refractivity contribution in [3.63, 3.8) is 0 Å². The minimum Gasteiger partial charge on any atom is -0.506 e. The highest BCUT2D eigenvalue weighted by atomic mass is 79.9. The molecule has 0 radical (unpaired) electrons. The molecule has 0 fully saturated rings. The lowest BCUT2D eigenvalue weighted by Crippen LogP contribution is -1.99. The number of benzene rings is 2. The molecule has 2 aromatic carbocycles. The highest BCUT2D eigenvalue weighted by molar-refractivity contribution is 9.11. The first-order chi connectivity index (χ1) is 10.1. The average molecular weight is 408 g/mol. The molecule has 3 rings (SSSR count). The lowest BCUT2D eigenvalue weighted by atomic mass is 10.2. The number of phenols is 1. The van der Waals surface area contributed by atoms with Crippen molar-refractivity contribution in [3.8, 4) is 5.75 Å². The lowest BCUT2D eigenvalue weighted by Gasteiger charge is -2.09. The van der Waals surface area contributed by atoms with Crippen LogP contribution < -0.4 is 5.32 Å². The number of phenolic OH excluding ortho intramolecular Hbond substituents is 1. The van der Waals surface area contributed by atoms with Crippen molar-refractivity contribution in [2.75, 3.05) is 5.32 Å². The number of nitrogens with zero attached hydrogens (tertiary/aromatic N) is 1. The van der Waals surface area contributed by atoms with Gasteiger partial charge in [0.2, 0.25) is 0 Å². The van der Waals surface area contributed by atoms with Crippen LogP contribution in [0.2, 0.25) is 0 Å².